The lowest BCUT2D eigenvalue weighted by Gasteiger charge is -2.29. The number of pyridine rings is 1. The van der Waals surface area contributed by atoms with Crippen LogP contribution in [0, 0.1) is 17.6 Å². The minimum Gasteiger partial charge on any atom is -0.493 e. The molecule has 2 atom stereocenters. The summed E-state index contributed by atoms with van der Waals surface area (Å²) >= 11 is 0. The van der Waals surface area contributed by atoms with Crippen LogP contribution in [0.5, 0.6) is 11.5 Å². The first kappa shape index (κ1) is 33.3. The molecule has 1 heterocycles. The van der Waals surface area contributed by atoms with Crippen LogP contribution in [0.1, 0.15) is 65.9 Å². The number of aromatic nitrogens is 1. The van der Waals surface area contributed by atoms with Crippen LogP contribution in [0.4, 0.5) is 8.78 Å². The number of hydrogen-bond acceptors (Lipinski definition) is 9. The Morgan fingerprint density at radius 3 is 1.91 bits per heavy atom. The molecule has 0 saturated carbocycles. The molecule has 1 aromatic heterocycles. The number of Topliss-reactive ketones (excluding diaryl/α,β-unsaturated/α-hetero) is 1. The van der Waals surface area contributed by atoms with Crippen LogP contribution in [0.3, 0.4) is 0 Å². The van der Waals surface area contributed by atoms with Gasteiger partial charge in [0, 0.05) is 45.7 Å². The van der Waals surface area contributed by atoms with Gasteiger partial charge in [0.25, 0.3) is 0 Å². The van der Waals surface area contributed by atoms with Crippen molar-refractivity contribution >= 4 is 17.7 Å². The van der Waals surface area contributed by atoms with E-state index < -0.39 is 47.3 Å². The molecule has 9 nitrogen and oxygen atoms in total. The van der Waals surface area contributed by atoms with E-state index in [1.54, 1.807) is 19.1 Å². The number of carbonyl (C=O) groups is 3. The molecule has 0 N–H and O–H groups in total. The molecule has 2 aromatic carbocycles. The summed E-state index contributed by atoms with van der Waals surface area (Å²) in [6, 6.07) is 9.85. The number of hydrogen-bond donors (Lipinski definition) is 0. The van der Waals surface area contributed by atoms with Gasteiger partial charge in [0.15, 0.2) is 17.2 Å². The molecule has 0 radical (unpaired) electrons. The lowest BCUT2D eigenvalue weighted by atomic mass is 9.82. The number of ketones is 1. The Bertz CT molecular complexity index is 1410. The SMILES string of the molecule is COCc1cc(F)ccc1C(c1ccc(F)cc1COC)[C@H](C)OC(=O)[C@H](C)CC(=O)c1nccc(OC)c1OC(C)=O. The van der Waals surface area contributed by atoms with E-state index in [9.17, 15) is 23.2 Å². The van der Waals surface area contributed by atoms with E-state index in [1.165, 1.54) is 71.7 Å². The van der Waals surface area contributed by atoms with E-state index >= 15 is 0 Å². The molecule has 0 aliphatic rings. The van der Waals surface area contributed by atoms with E-state index in [1.807, 2.05) is 0 Å². The van der Waals surface area contributed by atoms with Gasteiger partial charge in [-0.05, 0) is 53.4 Å². The van der Waals surface area contributed by atoms with E-state index in [0.29, 0.717) is 22.3 Å². The molecule has 3 rings (SSSR count). The van der Waals surface area contributed by atoms with Crippen molar-refractivity contribution in [3.05, 3.63) is 88.2 Å². The summed E-state index contributed by atoms with van der Waals surface area (Å²) in [5, 5.41) is 0. The van der Waals surface area contributed by atoms with Gasteiger partial charge in [0.05, 0.1) is 26.2 Å². The zero-order valence-corrected chi connectivity index (χ0v) is 24.9. The molecule has 3 aromatic rings. The van der Waals surface area contributed by atoms with E-state index in [2.05, 4.69) is 4.98 Å². The fourth-order valence-corrected chi connectivity index (χ4v) is 4.85. The molecule has 0 aliphatic heterocycles. The quantitative estimate of drug-likeness (QED) is 0.174. The minimum atomic E-state index is -0.924. The minimum absolute atomic E-state index is 0.0776. The molecule has 11 heteroatoms. The lowest BCUT2D eigenvalue weighted by Crippen LogP contribution is -2.29. The Morgan fingerprint density at radius 1 is 0.860 bits per heavy atom. The van der Waals surface area contributed by atoms with Gasteiger partial charge in [-0.1, -0.05) is 19.1 Å². The highest BCUT2D eigenvalue weighted by atomic mass is 19.1. The molecule has 0 spiro atoms. The first-order chi connectivity index (χ1) is 20.5. The van der Waals surface area contributed by atoms with Gasteiger partial charge in [-0.3, -0.25) is 14.4 Å². The maximum Gasteiger partial charge on any atom is 0.309 e. The van der Waals surface area contributed by atoms with Gasteiger partial charge < -0.3 is 23.7 Å². The van der Waals surface area contributed by atoms with Gasteiger partial charge in [-0.25, -0.2) is 13.8 Å². The fourth-order valence-electron chi connectivity index (χ4n) is 4.85. The lowest BCUT2D eigenvalue weighted by molar-refractivity contribution is -0.153. The standard InChI is InChI=1S/C32H35F2NO8/c1-18(13-27(37)30-31(43-20(3)36)28(41-6)11-12-35-30)32(38)42-19(2)29(25-9-7-23(33)14-21(25)16-39-4)26-10-8-24(34)15-22(26)17-40-5/h7-12,14-15,18-19,29H,13,16-17H2,1-6H3/t18-,19+/m1/s1. The number of methoxy groups -OCH3 is 3. The van der Waals surface area contributed by atoms with Crippen LogP contribution in [0.2, 0.25) is 0 Å². The molecule has 0 amide bonds. The van der Waals surface area contributed by atoms with Crippen molar-refractivity contribution in [3.63, 3.8) is 0 Å². The van der Waals surface area contributed by atoms with Crippen molar-refractivity contribution in [2.24, 2.45) is 5.92 Å². The molecule has 43 heavy (non-hydrogen) atoms. The maximum absolute atomic E-state index is 14.2. The number of nitrogens with zero attached hydrogens (tertiary/aromatic N) is 1. The second-order valence-corrected chi connectivity index (χ2v) is 9.98. The van der Waals surface area contributed by atoms with E-state index in [0.717, 1.165) is 0 Å². The Balaban J connectivity index is 1.94. The average Bonchev–Trinajstić information content (AvgIpc) is 2.95. The molecular formula is C32H35F2NO8. The normalized spacial score (nSPS) is 12.5. The Labute approximate surface area is 249 Å². The van der Waals surface area contributed by atoms with E-state index in [4.69, 9.17) is 23.7 Å². The molecule has 0 saturated heterocycles. The highest BCUT2D eigenvalue weighted by Crippen LogP contribution is 2.36. The van der Waals surface area contributed by atoms with Crippen LogP contribution in [-0.4, -0.2) is 50.1 Å². The second kappa shape index (κ2) is 15.3. The topological polar surface area (TPSA) is 110 Å². The van der Waals surface area contributed by atoms with Gasteiger partial charge in [-0.2, -0.15) is 0 Å². The van der Waals surface area contributed by atoms with Crippen LogP contribution < -0.4 is 9.47 Å². The molecule has 0 fully saturated rings. The fraction of sp³-hybridized carbons (Fsp3) is 0.375. The summed E-state index contributed by atoms with van der Waals surface area (Å²) in [4.78, 5) is 42.2. The summed E-state index contributed by atoms with van der Waals surface area (Å²) in [7, 11) is 4.31. The van der Waals surface area contributed by atoms with Crippen molar-refractivity contribution in [3.8, 4) is 11.5 Å². The summed E-state index contributed by atoms with van der Waals surface area (Å²) in [6.45, 7) is 4.52. The Hall–Kier alpha value is -4.22. The smallest absolute Gasteiger partial charge is 0.309 e. The Morgan fingerprint density at radius 2 is 1.42 bits per heavy atom. The van der Waals surface area contributed by atoms with E-state index in [-0.39, 0.29) is 36.8 Å². The van der Waals surface area contributed by atoms with Crippen molar-refractivity contribution in [2.75, 3.05) is 21.3 Å². The van der Waals surface area contributed by atoms with Crippen LogP contribution in [0.25, 0.3) is 0 Å². The zero-order chi connectivity index (χ0) is 31.7. The summed E-state index contributed by atoms with van der Waals surface area (Å²) < 4.78 is 55.3. The Kier molecular flexibility index (Phi) is 11.8. The summed E-state index contributed by atoms with van der Waals surface area (Å²) in [6.07, 6.45) is 0.176. The van der Waals surface area contributed by atoms with Crippen LogP contribution >= 0.6 is 0 Å². The van der Waals surface area contributed by atoms with Crippen molar-refractivity contribution in [1.29, 1.82) is 0 Å². The number of halogens is 2. The molecule has 0 aliphatic carbocycles. The van der Waals surface area contributed by atoms with Gasteiger partial charge in [-0.15, -0.1) is 0 Å². The van der Waals surface area contributed by atoms with Crippen molar-refractivity contribution in [1.82, 2.24) is 4.98 Å². The predicted molar refractivity (Wildman–Crippen MR) is 152 cm³/mol. The summed E-state index contributed by atoms with van der Waals surface area (Å²) in [5.74, 6) is -4.46. The summed E-state index contributed by atoms with van der Waals surface area (Å²) in [5.41, 5.74) is 2.11. The third kappa shape index (κ3) is 8.42. The van der Waals surface area contributed by atoms with Gasteiger partial charge >= 0.3 is 11.9 Å². The van der Waals surface area contributed by atoms with Crippen LogP contribution in [0.15, 0.2) is 48.7 Å². The molecule has 0 unspecified atom stereocenters. The largest absolute Gasteiger partial charge is 0.493 e. The highest BCUT2D eigenvalue weighted by molar-refractivity contribution is 5.99. The maximum atomic E-state index is 14.2. The molecular weight excluding hydrogens is 564 g/mol. The van der Waals surface area contributed by atoms with Gasteiger partial charge in [0.1, 0.15) is 17.7 Å². The number of esters is 2. The predicted octanol–water partition coefficient (Wildman–Crippen LogP) is 5.56. The monoisotopic (exact) mass is 599 g/mol. The molecule has 0 bridgehead atoms. The number of carbonyl (C=O) groups excluding carboxylic acids is 3. The highest BCUT2D eigenvalue weighted by Gasteiger charge is 2.32. The molecule has 230 valence electrons. The number of rotatable bonds is 14. The first-order valence-corrected chi connectivity index (χ1v) is 13.5. The zero-order valence-electron chi connectivity index (χ0n) is 24.9. The number of benzene rings is 2. The second-order valence-electron chi connectivity index (χ2n) is 9.98. The first-order valence-electron chi connectivity index (χ1n) is 13.5. The van der Waals surface area contributed by atoms with Crippen LogP contribution in [-0.2, 0) is 37.0 Å². The number of ether oxygens (including phenoxy) is 5. The third-order valence-electron chi connectivity index (χ3n) is 6.74. The average molecular weight is 600 g/mol. The van der Waals surface area contributed by atoms with Gasteiger partial charge in [0.2, 0.25) is 5.75 Å². The third-order valence-corrected chi connectivity index (χ3v) is 6.74. The van der Waals surface area contributed by atoms with Crippen molar-refractivity contribution < 1.29 is 46.8 Å². The van der Waals surface area contributed by atoms with Crippen molar-refractivity contribution in [2.45, 2.75) is 52.4 Å².